The summed E-state index contributed by atoms with van der Waals surface area (Å²) in [5.41, 5.74) is -2.78. The van der Waals surface area contributed by atoms with Crippen molar-refractivity contribution in [1.82, 2.24) is 0 Å². The van der Waals surface area contributed by atoms with E-state index in [4.69, 9.17) is 56.8 Å². The number of methoxy groups -OCH3 is 1. The number of aliphatic hydroxyl groups excluding tert-OH is 14. The Morgan fingerprint density at radius 3 is 1.72 bits per heavy atom. The van der Waals surface area contributed by atoms with Gasteiger partial charge in [-0.1, -0.05) is 51.5 Å². The molecule has 10 aliphatic rings. The number of esters is 1. The first-order valence-electron chi connectivity index (χ1n) is 32.5. The summed E-state index contributed by atoms with van der Waals surface area (Å²) < 4.78 is 149. The molecular formula is C60H94Na2O35S2. The Balaban J connectivity index is 0.00000624. The Morgan fingerprint density at radius 1 is 0.606 bits per heavy atom. The minimum Gasteiger partial charge on any atom is -0.726 e. The van der Waals surface area contributed by atoms with Crippen molar-refractivity contribution in [2.24, 2.45) is 39.4 Å². The maximum Gasteiger partial charge on any atom is 1.00 e. The zero-order valence-electron chi connectivity index (χ0n) is 56.4. The van der Waals surface area contributed by atoms with Gasteiger partial charge in [0.25, 0.3) is 0 Å². The number of rotatable bonds is 23. The SMILES string of the molecule is C=C(C)C(O)CC[C@]1(C)OC(=O)[C@]23[C@@H](O)C=C4[C@@H](CC[C@H]5C(C)(C)C(O[C@@H]6OC[C@@H](O[C@@H]7O[C@H](COS(=O)(=O)[O-])[C@@H](O)[C@H](O)[C@H]7O)[C@H](O)[C@H]6O[C@@H]6O[C@H](CO)[C@@H](O[C@@H]7O[C@H](COS(=O)(=O)[O-])[C@@H](O)[C@H](O[C@@H]8O[C@H](CO)[C@@H](O)[C@H](OC)[C@H]8O)[C@H]7O)[C@H](O)[C@H]6O)CC[C@]45C)[C@]2(C)CC[C@@H]31.[Na+].[Na+]. The Hall–Kier alpha value is -0.310. The third kappa shape index (κ3) is 15.8. The van der Waals surface area contributed by atoms with Crippen LogP contribution in [0.1, 0.15) is 92.9 Å². The topological polar surface area (TPSA) is 544 Å². The Bertz CT molecular complexity index is 3050. The normalized spacial score (nSPS) is 48.5. The molecule has 1 spiro atoms. The van der Waals surface area contributed by atoms with Crippen LogP contribution in [0.15, 0.2) is 23.8 Å². The quantitative estimate of drug-likeness (QED) is 0.0113. The summed E-state index contributed by atoms with van der Waals surface area (Å²) >= 11 is 0. The number of cyclic esters (lactones) is 1. The van der Waals surface area contributed by atoms with Gasteiger partial charge in [-0.2, -0.15) is 0 Å². The van der Waals surface area contributed by atoms with E-state index in [0.717, 1.165) is 12.7 Å². The predicted octanol–water partition coefficient (Wildman–Crippen LogP) is -11.7. The van der Waals surface area contributed by atoms with Crippen molar-refractivity contribution >= 4 is 26.8 Å². The van der Waals surface area contributed by atoms with Crippen LogP contribution in [0.2, 0.25) is 0 Å². The van der Waals surface area contributed by atoms with Gasteiger partial charge in [0.2, 0.25) is 20.8 Å². The summed E-state index contributed by atoms with van der Waals surface area (Å²) in [5, 5.41) is 158. The molecule has 0 aromatic heterocycles. The number of allylic oxidation sites excluding steroid dienone is 1. The van der Waals surface area contributed by atoms with E-state index in [2.05, 4.69) is 28.8 Å². The molecular weight excluding hydrogens is 1390 g/mol. The van der Waals surface area contributed by atoms with Crippen molar-refractivity contribution in [3.63, 3.8) is 0 Å². The van der Waals surface area contributed by atoms with Gasteiger partial charge < -0.3 is 137 Å². The zero-order chi connectivity index (χ0) is 71.4. The van der Waals surface area contributed by atoms with E-state index >= 15 is 0 Å². The van der Waals surface area contributed by atoms with Gasteiger partial charge in [0, 0.05) is 13.0 Å². The molecule has 39 heteroatoms. The third-order valence-electron chi connectivity index (χ3n) is 23.0. The van der Waals surface area contributed by atoms with Gasteiger partial charge in [0.05, 0.1) is 51.3 Å². The van der Waals surface area contributed by atoms with Crippen molar-refractivity contribution in [3.05, 3.63) is 23.8 Å². The number of hydrogen-bond donors (Lipinski definition) is 14. The fourth-order valence-electron chi connectivity index (χ4n) is 17.8. The second-order valence-electron chi connectivity index (χ2n) is 28.8. The number of hydrogen-bond acceptors (Lipinski definition) is 35. The van der Waals surface area contributed by atoms with Crippen LogP contribution in [0.5, 0.6) is 0 Å². The number of carbonyl (C=O) groups excluding carboxylic acids is 1. The van der Waals surface area contributed by atoms with Crippen LogP contribution in [-0.4, -0.2) is 315 Å². The molecule has 9 fully saturated rings. The van der Waals surface area contributed by atoms with Crippen molar-refractivity contribution in [2.75, 3.05) is 40.1 Å². The van der Waals surface area contributed by atoms with Crippen molar-refractivity contribution in [2.45, 2.75) is 264 Å². The maximum atomic E-state index is 14.6. The average Bonchev–Trinajstić information content (AvgIpc) is 1.53. The molecule has 0 aromatic rings. The molecule has 0 bridgehead atoms. The molecule has 6 saturated heterocycles. The largest absolute Gasteiger partial charge is 1.00 e. The third-order valence-corrected chi connectivity index (χ3v) is 23.8. The molecule has 0 aromatic carbocycles. The molecule has 14 N–H and O–H groups in total. The zero-order valence-corrected chi connectivity index (χ0v) is 62.1. The Kier molecular flexibility index (Phi) is 27.3. The van der Waals surface area contributed by atoms with E-state index < -0.39 is 253 Å². The van der Waals surface area contributed by atoms with Gasteiger partial charge >= 0.3 is 65.1 Å². The van der Waals surface area contributed by atoms with Crippen LogP contribution < -0.4 is 59.1 Å². The predicted molar refractivity (Wildman–Crippen MR) is 314 cm³/mol. The molecule has 0 radical (unpaired) electrons. The molecule has 35 nitrogen and oxygen atoms in total. The fourth-order valence-corrected chi connectivity index (χ4v) is 18.4. The van der Waals surface area contributed by atoms with Crippen LogP contribution in [0.4, 0.5) is 0 Å². The summed E-state index contributed by atoms with van der Waals surface area (Å²) in [6.07, 6.45) is -44.5. The minimum absolute atomic E-state index is 0. The average molecular weight is 1490 g/mol. The summed E-state index contributed by atoms with van der Waals surface area (Å²) in [7, 11) is -9.81. The van der Waals surface area contributed by atoms with E-state index in [0.29, 0.717) is 56.9 Å². The number of ether oxygens (including phenoxy) is 12. The fraction of sp³-hybridized carbons (Fsp3) is 0.917. The number of carbonyl (C=O) groups is 1. The Morgan fingerprint density at radius 2 is 1.13 bits per heavy atom. The summed E-state index contributed by atoms with van der Waals surface area (Å²) in [6.45, 7) is 10.6. The minimum atomic E-state index is -5.51. The Labute approximate surface area is 616 Å². The summed E-state index contributed by atoms with van der Waals surface area (Å²) in [4.78, 5) is 14.6. The van der Waals surface area contributed by atoms with Gasteiger partial charge in [-0.3, -0.25) is 13.2 Å². The molecule has 34 atom stereocenters. The first-order chi connectivity index (χ1) is 45.2. The van der Waals surface area contributed by atoms with Crippen LogP contribution in [0.3, 0.4) is 0 Å². The van der Waals surface area contributed by atoms with Crippen molar-refractivity contribution in [1.29, 1.82) is 0 Å². The van der Waals surface area contributed by atoms with Crippen LogP contribution >= 0.6 is 0 Å². The number of aliphatic hydroxyl groups is 14. The molecule has 3 saturated carbocycles. The molecule has 0 amide bonds. The summed E-state index contributed by atoms with van der Waals surface area (Å²) in [6, 6.07) is 0. The van der Waals surface area contributed by atoms with Gasteiger partial charge in [-0.25, -0.2) is 16.8 Å². The second-order valence-corrected chi connectivity index (χ2v) is 30.9. The van der Waals surface area contributed by atoms with Crippen LogP contribution in [-0.2, 0) is 90.8 Å². The van der Waals surface area contributed by atoms with Crippen molar-refractivity contribution in [3.8, 4) is 0 Å². The molecule has 558 valence electrons. The monoisotopic (exact) mass is 1480 g/mol. The first kappa shape index (κ1) is 84.3. The van der Waals surface area contributed by atoms with Gasteiger partial charge in [-0.15, -0.1) is 0 Å². The molecule has 2 unspecified atom stereocenters. The standard InChI is InChI=1S/C60H96O35S2.2Na/c1-23(2)26(63)11-16-59(7)33-12-15-58(6)24-9-10-32-56(3,4)35(13-14-57(32,5)25(24)17-34(64)60(33,58)55(75)95-59)91-54-49(39(68)29(20-83-54)88-50-42(71)40(69)36(65)30(89-50)21-84-96(76,77)78)94-51-43(72)41(70)46(28(19-62)87-51)92-53-45(74)48(38(67)31(90-53)22-85-97(79,80)81)93-52-44(73)47(82-8)37(66)27(18-61)86-52;;/h17,24,26-54,61-74H,1,9-16,18-22H2,2-8H3,(H,76,77,78)(H,79,80,81);;/q;2*+1/p-2/t24-,26?,27-,28-,29-,30-,31-,32+,33-,34+,35?,36-,37-,38-,39+,40+,41-,42-,43-,44-,45-,46-,47+,48+,49-,50-,51+,52+,53+,54+,57-,58+,59+,60+;;/m1../s1. The van der Waals surface area contributed by atoms with Gasteiger partial charge in [-0.05, 0) is 93.3 Å². The van der Waals surface area contributed by atoms with Gasteiger partial charge in [0.1, 0.15) is 127 Å². The molecule has 6 heterocycles. The second kappa shape index (κ2) is 32.1. The molecule has 4 aliphatic carbocycles. The molecule has 10 rings (SSSR count). The smallest absolute Gasteiger partial charge is 0.726 e. The molecule has 99 heavy (non-hydrogen) atoms. The van der Waals surface area contributed by atoms with E-state index in [1.165, 1.54) is 0 Å². The van der Waals surface area contributed by atoms with Crippen molar-refractivity contribution < 1.29 is 227 Å². The van der Waals surface area contributed by atoms with Gasteiger partial charge in [0.15, 0.2) is 31.5 Å². The van der Waals surface area contributed by atoms with E-state index in [-0.39, 0.29) is 76.9 Å². The summed E-state index contributed by atoms with van der Waals surface area (Å²) in [5.74, 6) is -1.16. The van der Waals surface area contributed by atoms with Crippen LogP contribution in [0.25, 0.3) is 0 Å². The number of fused-ring (bicyclic) bond motifs is 4. The first-order valence-corrected chi connectivity index (χ1v) is 35.1. The maximum absolute atomic E-state index is 14.6. The van der Waals surface area contributed by atoms with E-state index in [9.17, 15) is 102 Å². The van der Waals surface area contributed by atoms with Crippen LogP contribution in [0, 0.1) is 39.4 Å². The van der Waals surface area contributed by atoms with E-state index in [1.807, 2.05) is 26.8 Å². The van der Waals surface area contributed by atoms with E-state index in [1.54, 1.807) is 6.92 Å². The molecule has 6 aliphatic heterocycles.